The summed E-state index contributed by atoms with van der Waals surface area (Å²) in [6.07, 6.45) is 4.32. The summed E-state index contributed by atoms with van der Waals surface area (Å²) in [7, 11) is 2.12. The fourth-order valence-electron chi connectivity index (χ4n) is 3.99. The van der Waals surface area contributed by atoms with Crippen molar-refractivity contribution in [3.05, 3.63) is 71.1 Å². The molecule has 28 heavy (non-hydrogen) atoms. The van der Waals surface area contributed by atoms with E-state index in [9.17, 15) is 0 Å². The van der Waals surface area contributed by atoms with E-state index in [0.29, 0.717) is 0 Å². The predicted octanol–water partition coefficient (Wildman–Crippen LogP) is 3.45. The molecule has 0 amide bonds. The van der Waals surface area contributed by atoms with Gasteiger partial charge in [-0.1, -0.05) is 42.0 Å². The van der Waals surface area contributed by atoms with Crippen molar-refractivity contribution in [1.29, 1.82) is 0 Å². The van der Waals surface area contributed by atoms with Crippen LogP contribution < -0.4 is 10.1 Å². The molecule has 0 N–H and O–H groups in total. The number of hydrogen-bond donors (Lipinski definition) is 0. The lowest BCUT2D eigenvalue weighted by Gasteiger charge is -2.26. The zero-order chi connectivity index (χ0) is 20.3. The molecule has 0 saturated heterocycles. The van der Waals surface area contributed by atoms with E-state index in [1.54, 1.807) is 21.3 Å². The predicted molar refractivity (Wildman–Crippen MR) is 116 cm³/mol. The van der Waals surface area contributed by atoms with E-state index >= 15 is 0 Å². The van der Waals surface area contributed by atoms with Gasteiger partial charge in [0.1, 0.15) is 0 Å². The van der Waals surface area contributed by atoms with E-state index in [1.807, 2.05) is 12.1 Å². The molecule has 0 saturated carbocycles. The van der Waals surface area contributed by atoms with Gasteiger partial charge in [0.05, 0.1) is 6.67 Å². The SMILES string of the molecule is CO[Si](OC)(OC)c1ccc(CN2C=CN(c3c(C)cc(C)cc3C)C2)cc1. The Kier molecular flexibility index (Phi) is 6.25. The average molecular weight is 399 g/mol. The van der Waals surface area contributed by atoms with Gasteiger partial charge in [-0.2, -0.15) is 0 Å². The van der Waals surface area contributed by atoms with Crippen LogP contribution in [-0.2, 0) is 19.8 Å². The topological polar surface area (TPSA) is 34.2 Å². The van der Waals surface area contributed by atoms with Crippen molar-refractivity contribution >= 4 is 19.7 Å². The first-order chi connectivity index (χ1) is 13.4. The molecule has 1 aliphatic heterocycles. The maximum Gasteiger partial charge on any atom is 0.536 e. The molecule has 150 valence electrons. The van der Waals surface area contributed by atoms with Gasteiger partial charge in [-0.05, 0) is 37.5 Å². The minimum atomic E-state index is -2.77. The van der Waals surface area contributed by atoms with E-state index in [0.717, 1.165) is 18.4 Å². The summed E-state index contributed by atoms with van der Waals surface area (Å²) in [5, 5.41) is 0.966. The third-order valence-electron chi connectivity index (χ3n) is 5.21. The second kappa shape index (κ2) is 8.49. The van der Waals surface area contributed by atoms with Crippen molar-refractivity contribution in [1.82, 2.24) is 4.90 Å². The van der Waals surface area contributed by atoms with Crippen LogP contribution in [0.4, 0.5) is 5.69 Å². The molecule has 5 nitrogen and oxygen atoms in total. The fourth-order valence-corrected chi connectivity index (χ4v) is 5.77. The highest BCUT2D eigenvalue weighted by Crippen LogP contribution is 2.29. The van der Waals surface area contributed by atoms with E-state index in [4.69, 9.17) is 13.3 Å². The molecule has 1 aliphatic rings. The summed E-state index contributed by atoms with van der Waals surface area (Å²) >= 11 is 0. The molecular formula is C22H30N2O3Si. The standard InChI is InChI=1S/C22H30N2O3Si/c1-17-13-18(2)22(19(3)14-17)24-12-11-23(16-24)15-20-7-9-21(10-8-20)28(25-4,26-5)27-6/h7-14H,15-16H2,1-6H3. The van der Waals surface area contributed by atoms with E-state index in [-0.39, 0.29) is 0 Å². The summed E-state index contributed by atoms with van der Waals surface area (Å²) in [5.74, 6) is 0. The first-order valence-electron chi connectivity index (χ1n) is 9.44. The Balaban J connectivity index is 1.69. The van der Waals surface area contributed by atoms with Crippen LogP contribution in [0.5, 0.6) is 0 Å². The van der Waals surface area contributed by atoms with Crippen molar-refractivity contribution in [2.24, 2.45) is 0 Å². The van der Waals surface area contributed by atoms with Gasteiger partial charge in [0.2, 0.25) is 0 Å². The van der Waals surface area contributed by atoms with Crippen LogP contribution in [0.2, 0.25) is 0 Å². The molecule has 0 bridgehead atoms. The molecule has 3 rings (SSSR count). The molecular weight excluding hydrogens is 368 g/mol. The normalized spacial score (nSPS) is 14.2. The fraction of sp³-hybridized carbons (Fsp3) is 0.364. The van der Waals surface area contributed by atoms with Crippen molar-refractivity contribution < 1.29 is 13.3 Å². The molecule has 0 aliphatic carbocycles. The minimum absolute atomic E-state index is 0.846. The van der Waals surface area contributed by atoms with Gasteiger partial charge in [-0.15, -0.1) is 0 Å². The third kappa shape index (κ3) is 4.00. The molecule has 0 radical (unpaired) electrons. The molecule has 0 atom stereocenters. The van der Waals surface area contributed by atoms with Gasteiger partial charge < -0.3 is 23.1 Å². The zero-order valence-electron chi connectivity index (χ0n) is 17.7. The van der Waals surface area contributed by atoms with Gasteiger partial charge >= 0.3 is 8.80 Å². The van der Waals surface area contributed by atoms with Crippen LogP contribution >= 0.6 is 0 Å². The van der Waals surface area contributed by atoms with Gasteiger partial charge in [0, 0.05) is 51.1 Å². The summed E-state index contributed by atoms with van der Waals surface area (Å²) in [6, 6.07) is 12.8. The van der Waals surface area contributed by atoms with Crippen LogP contribution in [0.15, 0.2) is 48.8 Å². The molecule has 2 aromatic carbocycles. The molecule has 0 unspecified atom stereocenters. The highest BCUT2D eigenvalue weighted by atomic mass is 28.4. The molecule has 6 heteroatoms. The Morgan fingerprint density at radius 2 is 1.43 bits per heavy atom. The average Bonchev–Trinajstić information content (AvgIpc) is 3.12. The Labute approximate surface area is 169 Å². The number of benzene rings is 2. The number of anilines is 1. The summed E-state index contributed by atoms with van der Waals surface area (Å²) in [5.41, 5.74) is 6.47. The van der Waals surface area contributed by atoms with Crippen LogP contribution in [0.1, 0.15) is 22.3 Å². The first-order valence-corrected chi connectivity index (χ1v) is 11.2. The number of aryl methyl sites for hydroxylation is 3. The molecule has 0 spiro atoms. The maximum absolute atomic E-state index is 5.56. The molecule has 1 heterocycles. The lowest BCUT2D eigenvalue weighted by atomic mass is 10.0. The lowest BCUT2D eigenvalue weighted by Crippen LogP contribution is -2.54. The summed E-state index contributed by atoms with van der Waals surface area (Å²) in [6.45, 7) is 8.20. The minimum Gasteiger partial charge on any atom is -0.373 e. The van der Waals surface area contributed by atoms with Gasteiger partial charge in [-0.25, -0.2) is 0 Å². The van der Waals surface area contributed by atoms with Crippen LogP contribution in [-0.4, -0.2) is 41.7 Å². The van der Waals surface area contributed by atoms with Crippen LogP contribution in [0.3, 0.4) is 0 Å². The molecule has 0 aromatic heterocycles. The summed E-state index contributed by atoms with van der Waals surface area (Å²) < 4.78 is 16.7. The van der Waals surface area contributed by atoms with E-state index in [1.165, 1.54) is 27.9 Å². The van der Waals surface area contributed by atoms with Gasteiger partial charge in [0.15, 0.2) is 0 Å². The quantitative estimate of drug-likeness (QED) is 0.668. The van der Waals surface area contributed by atoms with E-state index in [2.05, 4.69) is 67.2 Å². The smallest absolute Gasteiger partial charge is 0.373 e. The number of nitrogens with zero attached hydrogens (tertiary/aromatic N) is 2. The molecule has 2 aromatic rings. The Morgan fingerprint density at radius 1 is 0.857 bits per heavy atom. The maximum atomic E-state index is 5.56. The molecule has 0 fully saturated rings. The van der Waals surface area contributed by atoms with Crippen LogP contribution in [0, 0.1) is 20.8 Å². The Bertz CT molecular complexity index is 816. The largest absolute Gasteiger partial charge is 0.536 e. The zero-order valence-corrected chi connectivity index (χ0v) is 18.7. The van der Waals surface area contributed by atoms with Crippen molar-refractivity contribution in [2.45, 2.75) is 27.3 Å². The van der Waals surface area contributed by atoms with Gasteiger partial charge in [0.25, 0.3) is 0 Å². The van der Waals surface area contributed by atoms with Gasteiger partial charge in [-0.3, -0.25) is 0 Å². The monoisotopic (exact) mass is 398 g/mol. The second-order valence-electron chi connectivity index (χ2n) is 7.27. The van der Waals surface area contributed by atoms with E-state index < -0.39 is 8.80 Å². The number of hydrogen-bond acceptors (Lipinski definition) is 5. The number of rotatable bonds is 7. The summed E-state index contributed by atoms with van der Waals surface area (Å²) in [4.78, 5) is 4.62. The van der Waals surface area contributed by atoms with Crippen molar-refractivity contribution in [3.63, 3.8) is 0 Å². The van der Waals surface area contributed by atoms with Crippen LogP contribution in [0.25, 0.3) is 0 Å². The highest BCUT2D eigenvalue weighted by molar-refractivity contribution is 6.75. The first kappa shape index (κ1) is 20.6. The second-order valence-corrected chi connectivity index (χ2v) is 10.2. The van der Waals surface area contributed by atoms with Crippen molar-refractivity contribution in [2.75, 3.05) is 32.9 Å². The Morgan fingerprint density at radius 3 is 1.96 bits per heavy atom. The van der Waals surface area contributed by atoms with Crippen molar-refractivity contribution in [3.8, 4) is 0 Å². The lowest BCUT2D eigenvalue weighted by molar-refractivity contribution is 0.140. The highest BCUT2D eigenvalue weighted by Gasteiger charge is 2.40. The Hall–Kier alpha value is -2.12. The third-order valence-corrected chi connectivity index (χ3v) is 7.87.